The summed E-state index contributed by atoms with van der Waals surface area (Å²) in [6.45, 7) is 2.10. The maximum Gasteiger partial charge on any atom is 0.135 e. The molecule has 3 heteroatoms. The molecular weight excluding hydrogens is 178 g/mol. The summed E-state index contributed by atoms with van der Waals surface area (Å²) in [5.74, 6) is 0.775. The molecule has 0 heterocycles. The molecule has 0 fully saturated rings. The van der Waals surface area contributed by atoms with Crippen molar-refractivity contribution in [1.29, 1.82) is 0 Å². The van der Waals surface area contributed by atoms with Crippen molar-refractivity contribution in [3.8, 4) is 5.75 Å². The maximum absolute atomic E-state index is 5.79. The van der Waals surface area contributed by atoms with Crippen LogP contribution in [0.4, 0.5) is 0 Å². The number of methoxy groups -OCH3 is 2. The van der Waals surface area contributed by atoms with Gasteiger partial charge in [0.15, 0.2) is 0 Å². The van der Waals surface area contributed by atoms with Gasteiger partial charge in [-0.2, -0.15) is 0 Å². The first-order chi connectivity index (χ1) is 6.72. The number of hydrogen-bond acceptors (Lipinski definition) is 3. The standard InChI is InChI=1S/C11H17NO2/c1-4-8-5-6-10(13-2)9(7-8)11(12)14-3/h5-7,11H,4,12H2,1-3H3. The highest BCUT2D eigenvalue weighted by atomic mass is 16.5. The van der Waals surface area contributed by atoms with Gasteiger partial charge >= 0.3 is 0 Å². The largest absolute Gasteiger partial charge is 0.496 e. The van der Waals surface area contributed by atoms with Crippen LogP contribution in [0.25, 0.3) is 0 Å². The van der Waals surface area contributed by atoms with Gasteiger partial charge in [0.1, 0.15) is 12.0 Å². The lowest BCUT2D eigenvalue weighted by atomic mass is 10.1. The third-order valence-corrected chi connectivity index (χ3v) is 2.26. The van der Waals surface area contributed by atoms with Crippen LogP contribution >= 0.6 is 0 Å². The molecule has 0 saturated heterocycles. The Morgan fingerprint density at radius 1 is 1.36 bits per heavy atom. The van der Waals surface area contributed by atoms with Crippen molar-refractivity contribution in [2.45, 2.75) is 19.6 Å². The van der Waals surface area contributed by atoms with Gasteiger partial charge in [-0.1, -0.05) is 13.0 Å². The second-order valence-corrected chi connectivity index (χ2v) is 3.09. The predicted octanol–water partition coefficient (Wildman–Crippen LogP) is 1.86. The van der Waals surface area contributed by atoms with Crippen LogP contribution in [-0.4, -0.2) is 14.2 Å². The molecule has 3 nitrogen and oxygen atoms in total. The summed E-state index contributed by atoms with van der Waals surface area (Å²) < 4.78 is 10.3. The lowest BCUT2D eigenvalue weighted by molar-refractivity contribution is 0.107. The molecule has 0 amide bonds. The Bertz CT molecular complexity index is 299. The van der Waals surface area contributed by atoms with E-state index in [1.807, 2.05) is 18.2 Å². The molecule has 78 valence electrons. The van der Waals surface area contributed by atoms with Gasteiger partial charge in [0, 0.05) is 12.7 Å². The van der Waals surface area contributed by atoms with E-state index in [1.165, 1.54) is 5.56 Å². The Kier molecular flexibility index (Phi) is 3.92. The number of aryl methyl sites for hydroxylation is 1. The van der Waals surface area contributed by atoms with Gasteiger partial charge in [-0.3, -0.25) is 0 Å². The molecule has 1 rings (SSSR count). The highest BCUT2D eigenvalue weighted by Crippen LogP contribution is 2.25. The van der Waals surface area contributed by atoms with Crippen molar-refractivity contribution in [2.75, 3.05) is 14.2 Å². The zero-order chi connectivity index (χ0) is 10.6. The Morgan fingerprint density at radius 3 is 2.57 bits per heavy atom. The average molecular weight is 195 g/mol. The van der Waals surface area contributed by atoms with Gasteiger partial charge in [-0.05, 0) is 24.1 Å². The maximum atomic E-state index is 5.79. The van der Waals surface area contributed by atoms with Gasteiger partial charge in [0.05, 0.1) is 7.11 Å². The molecule has 0 spiro atoms. The molecule has 0 aliphatic rings. The van der Waals surface area contributed by atoms with E-state index in [9.17, 15) is 0 Å². The lowest BCUT2D eigenvalue weighted by Gasteiger charge is -2.15. The van der Waals surface area contributed by atoms with Crippen molar-refractivity contribution in [2.24, 2.45) is 5.73 Å². The monoisotopic (exact) mass is 195 g/mol. The molecular formula is C11H17NO2. The van der Waals surface area contributed by atoms with Crippen molar-refractivity contribution in [3.05, 3.63) is 29.3 Å². The minimum atomic E-state index is -0.420. The fourth-order valence-corrected chi connectivity index (χ4v) is 1.35. The van der Waals surface area contributed by atoms with E-state index in [4.69, 9.17) is 15.2 Å². The van der Waals surface area contributed by atoms with Crippen LogP contribution in [0.3, 0.4) is 0 Å². The first kappa shape index (κ1) is 11.0. The molecule has 1 aromatic carbocycles. The summed E-state index contributed by atoms with van der Waals surface area (Å²) in [6, 6.07) is 5.98. The zero-order valence-corrected chi connectivity index (χ0v) is 8.91. The van der Waals surface area contributed by atoms with E-state index in [0.29, 0.717) is 0 Å². The number of ether oxygens (including phenoxy) is 2. The topological polar surface area (TPSA) is 44.5 Å². The zero-order valence-electron chi connectivity index (χ0n) is 8.91. The number of nitrogens with two attached hydrogens (primary N) is 1. The minimum absolute atomic E-state index is 0.420. The van der Waals surface area contributed by atoms with E-state index in [-0.39, 0.29) is 0 Å². The molecule has 2 N–H and O–H groups in total. The van der Waals surface area contributed by atoms with Crippen LogP contribution in [-0.2, 0) is 11.2 Å². The number of benzene rings is 1. The first-order valence-corrected chi connectivity index (χ1v) is 4.68. The highest BCUT2D eigenvalue weighted by molar-refractivity contribution is 5.38. The molecule has 0 bridgehead atoms. The third kappa shape index (κ3) is 2.25. The van der Waals surface area contributed by atoms with E-state index in [0.717, 1.165) is 17.7 Å². The molecule has 1 atom stereocenters. The molecule has 1 aromatic rings. The Hall–Kier alpha value is -1.06. The fourth-order valence-electron chi connectivity index (χ4n) is 1.35. The highest BCUT2D eigenvalue weighted by Gasteiger charge is 2.11. The summed E-state index contributed by atoms with van der Waals surface area (Å²) >= 11 is 0. The van der Waals surface area contributed by atoms with Gasteiger partial charge in [0.2, 0.25) is 0 Å². The molecule has 14 heavy (non-hydrogen) atoms. The van der Waals surface area contributed by atoms with Crippen LogP contribution in [0.1, 0.15) is 24.3 Å². The minimum Gasteiger partial charge on any atom is -0.496 e. The van der Waals surface area contributed by atoms with Crippen LogP contribution in [0.5, 0.6) is 5.75 Å². The van der Waals surface area contributed by atoms with Crippen molar-refractivity contribution in [1.82, 2.24) is 0 Å². The lowest BCUT2D eigenvalue weighted by Crippen LogP contribution is -2.13. The average Bonchev–Trinajstić information content (AvgIpc) is 2.27. The van der Waals surface area contributed by atoms with Gasteiger partial charge in [0.25, 0.3) is 0 Å². The summed E-state index contributed by atoms with van der Waals surface area (Å²) in [7, 11) is 3.22. The normalized spacial score (nSPS) is 12.6. The van der Waals surface area contributed by atoms with E-state index in [2.05, 4.69) is 6.92 Å². The van der Waals surface area contributed by atoms with Crippen molar-refractivity contribution in [3.63, 3.8) is 0 Å². The van der Waals surface area contributed by atoms with Crippen LogP contribution in [0, 0.1) is 0 Å². The number of rotatable bonds is 4. The Labute approximate surface area is 84.8 Å². The smallest absolute Gasteiger partial charge is 0.135 e. The molecule has 0 saturated carbocycles. The first-order valence-electron chi connectivity index (χ1n) is 4.68. The predicted molar refractivity (Wildman–Crippen MR) is 56.3 cm³/mol. The van der Waals surface area contributed by atoms with E-state index >= 15 is 0 Å². The SMILES string of the molecule is CCc1ccc(OC)c(C(N)OC)c1. The molecule has 0 aliphatic heterocycles. The molecule has 0 aromatic heterocycles. The fraction of sp³-hybridized carbons (Fsp3) is 0.455. The third-order valence-electron chi connectivity index (χ3n) is 2.26. The van der Waals surface area contributed by atoms with Gasteiger partial charge < -0.3 is 15.2 Å². The van der Waals surface area contributed by atoms with Crippen molar-refractivity contribution >= 4 is 0 Å². The van der Waals surface area contributed by atoms with Gasteiger partial charge in [-0.25, -0.2) is 0 Å². The summed E-state index contributed by atoms with van der Waals surface area (Å²) in [5.41, 5.74) is 7.92. The van der Waals surface area contributed by atoms with Crippen molar-refractivity contribution < 1.29 is 9.47 Å². The summed E-state index contributed by atoms with van der Waals surface area (Å²) in [6.07, 6.45) is 0.560. The van der Waals surface area contributed by atoms with E-state index < -0.39 is 6.23 Å². The van der Waals surface area contributed by atoms with Crippen LogP contribution in [0.15, 0.2) is 18.2 Å². The van der Waals surface area contributed by atoms with Crippen LogP contribution in [0.2, 0.25) is 0 Å². The van der Waals surface area contributed by atoms with E-state index in [1.54, 1.807) is 14.2 Å². The number of hydrogen-bond donors (Lipinski definition) is 1. The van der Waals surface area contributed by atoms with Gasteiger partial charge in [-0.15, -0.1) is 0 Å². The summed E-state index contributed by atoms with van der Waals surface area (Å²) in [5, 5.41) is 0. The molecule has 0 radical (unpaired) electrons. The Morgan fingerprint density at radius 2 is 2.07 bits per heavy atom. The Balaban J connectivity index is 3.08. The second-order valence-electron chi connectivity index (χ2n) is 3.09. The molecule has 1 unspecified atom stereocenters. The summed E-state index contributed by atoms with van der Waals surface area (Å²) in [4.78, 5) is 0. The molecule has 0 aliphatic carbocycles. The van der Waals surface area contributed by atoms with Crippen LogP contribution < -0.4 is 10.5 Å². The quantitative estimate of drug-likeness (QED) is 0.746. The second kappa shape index (κ2) is 4.98.